The van der Waals surface area contributed by atoms with Gasteiger partial charge in [-0.1, -0.05) is 56.3 Å². The lowest BCUT2D eigenvalue weighted by molar-refractivity contribution is -0.135. The van der Waals surface area contributed by atoms with Crippen LogP contribution in [-0.4, -0.2) is 48.5 Å². The fraction of sp³-hybridized carbons (Fsp3) is 0.480. The van der Waals surface area contributed by atoms with E-state index in [-0.39, 0.29) is 11.9 Å². The Bertz CT molecular complexity index is 763. The third-order valence-electron chi connectivity index (χ3n) is 5.94. The van der Waals surface area contributed by atoms with Gasteiger partial charge in [0.25, 0.3) is 0 Å². The van der Waals surface area contributed by atoms with Crippen LogP contribution in [-0.2, 0) is 17.8 Å². The topological polar surface area (TPSA) is 32.8 Å². The van der Waals surface area contributed by atoms with Crippen LogP contribution in [0.3, 0.4) is 0 Å². The van der Waals surface area contributed by atoms with Gasteiger partial charge in [-0.05, 0) is 42.0 Å². The second-order valence-electron chi connectivity index (χ2n) is 8.38. The van der Waals surface area contributed by atoms with Gasteiger partial charge in [-0.15, -0.1) is 0 Å². The molecular formula is C25H34N2O2. The smallest absolute Gasteiger partial charge is 0.227 e. The van der Waals surface area contributed by atoms with Gasteiger partial charge in [-0.2, -0.15) is 0 Å². The summed E-state index contributed by atoms with van der Waals surface area (Å²) in [5.41, 5.74) is 2.39. The molecule has 1 heterocycles. The molecule has 1 fully saturated rings. The highest BCUT2D eigenvalue weighted by Crippen LogP contribution is 2.28. The summed E-state index contributed by atoms with van der Waals surface area (Å²) in [6, 6.07) is 18.8. The number of hydrogen-bond acceptors (Lipinski definition) is 3. The van der Waals surface area contributed by atoms with Gasteiger partial charge in [0, 0.05) is 32.7 Å². The summed E-state index contributed by atoms with van der Waals surface area (Å²) in [5, 5.41) is 0. The number of amides is 1. The van der Waals surface area contributed by atoms with Gasteiger partial charge >= 0.3 is 0 Å². The Labute approximate surface area is 175 Å². The lowest BCUT2D eigenvalue weighted by Gasteiger charge is -2.45. The van der Waals surface area contributed by atoms with Crippen molar-refractivity contribution in [3.05, 3.63) is 65.7 Å². The molecule has 0 spiro atoms. The molecule has 4 heteroatoms. The van der Waals surface area contributed by atoms with Crippen LogP contribution in [0.5, 0.6) is 5.75 Å². The van der Waals surface area contributed by atoms with E-state index in [2.05, 4.69) is 49.1 Å². The quantitative estimate of drug-likeness (QED) is 0.704. The van der Waals surface area contributed by atoms with Crippen LogP contribution in [0.2, 0.25) is 0 Å². The molecule has 0 saturated carbocycles. The lowest BCUT2D eigenvalue weighted by atomic mass is 9.84. The first-order valence-corrected chi connectivity index (χ1v) is 10.7. The maximum absolute atomic E-state index is 13.0. The summed E-state index contributed by atoms with van der Waals surface area (Å²) in [7, 11) is 1.97. The van der Waals surface area contributed by atoms with Gasteiger partial charge in [0.1, 0.15) is 5.75 Å². The van der Waals surface area contributed by atoms with E-state index in [0.29, 0.717) is 24.9 Å². The van der Waals surface area contributed by atoms with E-state index in [1.165, 1.54) is 5.56 Å². The maximum atomic E-state index is 13.0. The van der Waals surface area contributed by atoms with Crippen molar-refractivity contribution in [2.24, 2.45) is 11.8 Å². The summed E-state index contributed by atoms with van der Waals surface area (Å²) in [4.78, 5) is 17.5. The zero-order chi connectivity index (χ0) is 20.8. The highest BCUT2D eigenvalue weighted by molar-refractivity contribution is 5.79. The number of hydrogen-bond donors (Lipinski definition) is 0. The number of likely N-dealkylation sites (N-methyl/N-ethyl adjacent to an activating group) is 1. The van der Waals surface area contributed by atoms with Crippen LogP contribution in [0.15, 0.2) is 54.6 Å². The molecule has 0 aliphatic carbocycles. The normalized spacial score (nSPS) is 22.3. The predicted molar refractivity (Wildman–Crippen MR) is 118 cm³/mol. The third-order valence-corrected chi connectivity index (χ3v) is 5.94. The standard InChI is InChI=1S/C25H34N2O2/c1-5-29-23-13-11-21(12-14-23)15-24(28)26(4)25-19(2)16-27(17-20(25)3)18-22-9-7-6-8-10-22/h6-14,19-20,25H,5,15-18H2,1-4H3/t19-,20+,25?. The molecule has 156 valence electrons. The summed E-state index contributed by atoms with van der Waals surface area (Å²) in [6.45, 7) is 10.2. The first kappa shape index (κ1) is 21.4. The number of benzene rings is 2. The van der Waals surface area contributed by atoms with Crippen molar-refractivity contribution in [3.63, 3.8) is 0 Å². The second-order valence-corrected chi connectivity index (χ2v) is 8.38. The highest BCUT2D eigenvalue weighted by atomic mass is 16.5. The Morgan fingerprint density at radius 1 is 1.00 bits per heavy atom. The van der Waals surface area contributed by atoms with Crippen LogP contribution < -0.4 is 4.74 Å². The number of ether oxygens (including phenoxy) is 1. The molecule has 1 aliphatic rings. The molecule has 4 nitrogen and oxygen atoms in total. The van der Waals surface area contributed by atoms with Crippen molar-refractivity contribution in [1.82, 2.24) is 9.80 Å². The van der Waals surface area contributed by atoms with Crippen molar-refractivity contribution >= 4 is 5.91 Å². The zero-order valence-corrected chi connectivity index (χ0v) is 18.2. The fourth-order valence-electron chi connectivity index (χ4n) is 4.74. The van der Waals surface area contributed by atoms with Gasteiger partial charge in [0.15, 0.2) is 0 Å². The van der Waals surface area contributed by atoms with E-state index < -0.39 is 0 Å². The van der Waals surface area contributed by atoms with Crippen molar-refractivity contribution in [2.75, 3.05) is 26.7 Å². The molecule has 0 radical (unpaired) electrons. The Hall–Kier alpha value is -2.33. The van der Waals surface area contributed by atoms with Crippen molar-refractivity contribution in [1.29, 1.82) is 0 Å². The lowest BCUT2D eigenvalue weighted by Crippen LogP contribution is -2.55. The minimum atomic E-state index is 0.189. The number of nitrogens with zero attached hydrogens (tertiary/aromatic N) is 2. The number of piperidine rings is 1. The third kappa shape index (κ3) is 5.60. The molecule has 0 bridgehead atoms. The van der Waals surface area contributed by atoms with E-state index in [1.54, 1.807) is 0 Å². The summed E-state index contributed by atoms with van der Waals surface area (Å²) in [6.07, 6.45) is 0.437. The van der Waals surface area contributed by atoms with E-state index in [0.717, 1.165) is 30.9 Å². The zero-order valence-electron chi connectivity index (χ0n) is 18.2. The number of likely N-dealkylation sites (tertiary alicyclic amines) is 1. The fourth-order valence-corrected chi connectivity index (χ4v) is 4.74. The van der Waals surface area contributed by atoms with Crippen LogP contribution in [0.25, 0.3) is 0 Å². The SMILES string of the molecule is CCOc1ccc(CC(=O)N(C)C2[C@H](C)CN(Cc3ccccc3)C[C@@H]2C)cc1. The van der Waals surface area contributed by atoms with Crippen molar-refractivity contribution < 1.29 is 9.53 Å². The average Bonchev–Trinajstić information content (AvgIpc) is 2.70. The first-order valence-electron chi connectivity index (χ1n) is 10.7. The molecule has 1 amide bonds. The largest absolute Gasteiger partial charge is 0.494 e. The highest BCUT2D eigenvalue weighted by Gasteiger charge is 2.36. The molecule has 2 aromatic rings. The van der Waals surface area contributed by atoms with Gasteiger partial charge in [-0.3, -0.25) is 9.69 Å². The second kappa shape index (κ2) is 9.93. The molecule has 29 heavy (non-hydrogen) atoms. The first-order chi connectivity index (χ1) is 14.0. The van der Waals surface area contributed by atoms with Crippen molar-refractivity contribution in [3.8, 4) is 5.75 Å². The van der Waals surface area contributed by atoms with Gasteiger partial charge in [-0.25, -0.2) is 0 Å². The Balaban J connectivity index is 1.58. The average molecular weight is 395 g/mol. The van der Waals surface area contributed by atoms with E-state index in [1.807, 2.05) is 43.1 Å². The van der Waals surface area contributed by atoms with Crippen LogP contribution in [0.1, 0.15) is 31.9 Å². The molecular weight excluding hydrogens is 360 g/mol. The molecule has 1 unspecified atom stereocenters. The summed E-state index contributed by atoms with van der Waals surface area (Å²) in [5.74, 6) is 1.92. The molecule has 3 rings (SSSR count). The molecule has 1 aliphatic heterocycles. The molecule has 3 atom stereocenters. The van der Waals surface area contributed by atoms with Crippen molar-refractivity contribution in [2.45, 2.75) is 39.8 Å². The number of carbonyl (C=O) groups is 1. The number of carbonyl (C=O) groups excluding carboxylic acids is 1. The molecule has 0 N–H and O–H groups in total. The predicted octanol–water partition coefficient (Wildman–Crippen LogP) is 4.24. The van der Waals surface area contributed by atoms with Gasteiger partial charge in [0.2, 0.25) is 5.91 Å². The maximum Gasteiger partial charge on any atom is 0.227 e. The molecule has 2 aromatic carbocycles. The van der Waals surface area contributed by atoms with Crippen LogP contribution in [0.4, 0.5) is 0 Å². The Morgan fingerprint density at radius 2 is 1.62 bits per heavy atom. The summed E-state index contributed by atoms with van der Waals surface area (Å²) >= 11 is 0. The van der Waals surface area contributed by atoms with Crippen LogP contribution >= 0.6 is 0 Å². The van der Waals surface area contributed by atoms with E-state index >= 15 is 0 Å². The molecule has 1 saturated heterocycles. The monoisotopic (exact) mass is 394 g/mol. The minimum Gasteiger partial charge on any atom is -0.494 e. The van der Waals surface area contributed by atoms with Crippen LogP contribution in [0, 0.1) is 11.8 Å². The van der Waals surface area contributed by atoms with E-state index in [4.69, 9.17) is 4.74 Å². The number of rotatable bonds is 7. The van der Waals surface area contributed by atoms with E-state index in [9.17, 15) is 4.79 Å². The summed E-state index contributed by atoms with van der Waals surface area (Å²) < 4.78 is 5.49. The van der Waals surface area contributed by atoms with Gasteiger partial charge < -0.3 is 9.64 Å². The minimum absolute atomic E-state index is 0.189. The molecule has 0 aromatic heterocycles. The Morgan fingerprint density at radius 3 is 2.21 bits per heavy atom. The Kier molecular flexibility index (Phi) is 7.32. The van der Waals surface area contributed by atoms with Gasteiger partial charge in [0.05, 0.1) is 13.0 Å².